The van der Waals surface area contributed by atoms with Crippen LogP contribution in [0.2, 0.25) is 0 Å². The Hall–Kier alpha value is -1.85. The summed E-state index contributed by atoms with van der Waals surface area (Å²) in [6, 6.07) is 10.3. The van der Waals surface area contributed by atoms with E-state index in [-0.39, 0.29) is 12.1 Å². The fraction of sp³-hybridized carbons (Fsp3) is 0.522. The van der Waals surface area contributed by atoms with Crippen LogP contribution >= 0.6 is 11.3 Å². The number of hydrogen-bond donors (Lipinski definition) is 1. The molecule has 3 unspecified atom stereocenters. The van der Waals surface area contributed by atoms with E-state index in [0.717, 1.165) is 43.0 Å². The minimum absolute atomic E-state index is 0.0245. The van der Waals surface area contributed by atoms with E-state index in [4.69, 9.17) is 4.74 Å². The highest BCUT2D eigenvalue weighted by molar-refractivity contribution is 7.10. The molecule has 0 bridgehead atoms. The Balaban J connectivity index is 1.35. The van der Waals surface area contributed by atoms with Crippen LogP contribution in [-0.2, 0) is 17.8 Å². The zero-order chi connectivity index (χ0) is 19.5. The Morgan fingerprint density at radius 1 is 1.29 bits per heavy atom. The Bertz CT molecular complexity index is 818. The molecule has 1 fully saturated rings. The number of anilines is 1. The van der Waals surface area contributed by atoms with Gasteiger partial charge in [-0.3, -0.25) is 0 Å². The molecule has 2 aromatic rings. The highest BCUT2D eigenvalue weighted by atomic mass is 32.1. The summed E-state index contributed by atoms with van der Waals surface area (Å²) in [5.41, 5.74) is 3.24. The maximum atomic E-state index is 12.8. The van der Waals surface area contributed by atoms with Crippen LogP contribution in [0.1, 0.15) is 61.6 Å². The molecule has 2 aliphatic rings. The van der Waals surface area contributed by atoms with E-state index >= 15 is 0 Å². The Labute approximate surface area is 171 Å². The second kappa shape index (κ2) is 8.66. The molecule has 0 spiro atoms. The SMILES string of the molecule is CC1CCCC(OCc2cccc(NC(=O)N3CCc4sccc4C3C)c2)C1. The summed E-state index contributed by atoms with van der Waals surface area (Å²) in [6.45, 7) is 5.80. The van der Waals surface area contributed by atoms with E-state index in [1.165, 1.54) is 23.3 Å². The Morgan fingerprint density at radius 2 is 2.18 bits per heavy atom. The first kappa shape index (κ1) is 19.5. The lowest BCUT2D eigenvalue weighted by Gasteiger charge is -2.33. The van der Waals surface area contributed by atoms with Crippen LogP contribution in [-0.4, -0.2) is 23.6 Å². The highest BCUT2D eigenvalue weighted by Gasteiger charge is 2.28. The maximum absolute atomic E-state index is 12.8. The number of rotatable bonds is 4. The standard InChI is InChI=1S/C23H30N2O2S/c1-16-5-3-8-20(13-16)27-15-18-6-4-7-19(14-18)24-23(26)25-11-9-22-21(17(25)2)10-12-28-22/h4,6-7,10,12,14,16-17,20H,3,5,8-9,11,13,15H2,1-2H3,(H,24,26). The van der Waals surface area contributed by atoms with E-state index < -0.39 is 0 Å². The minimum Gasteiger partial charge on any atom is -0.374 e. The van der Waals surface area contributed by atoms with Crippen LogP contribution in [0.4, 0.5) is 10.5 Å². The number of nitrogens with one attached hydrogen (secondary N) is 1. The summed E-state index contributed by atoms with van der Waals surface area (Å²) in [4.78, 5) is 16.2. The molecule has 1 aromatic heterocycles. The second-order valence-electron chi connectivity index (χ2n) is 8.25. The number of ether oxygens (including phenoxy) is 1. The number of carbonyl (C=O) groups is 1. The van der Waals surface area contributed by atoms with Crippen LogP contribution in [0.3, 0.4) is 0 Å². The molecule has 150 valence electrons. The van der Waals surface area contributed by atoms with Crippen molar-refractivity contribution in [2.75, 3.05) is 11.9 Å². The van der Waals surface area contributed by atoms with Crippen molar-refractivity contribution in [1.82, 2.24) is 4.90 Å². The van der Waals surface area contributed by atoms with Crippen LogP contribution < -0.4 is 5.32 Å². The van der Waals surface area contributed by atoms with Gasteiger partial charge in [0, 0.05) is 17.1 Å². The molecule has 1 aromatic carbocycles. The van der Waals surface area contributed by atoms with Crippen molar-refractivity contribution < 1.29 is 9.53 Å². The van der Waals surface area contributed by atoms with E-state index in [2.05, 4.69) is 36.7 Å². The Kier molecular flexibility index (Phi) is 6.02. The number of hydrogen-bond acceptors (Lipinski definition) is 3. The van der Waals surface area contributed by atoms with Gasteiger partial charge in [-0.2, -0.15) is 0 Å². The van der Waals surface area contributed by atoms with Gasteiger partial charge >= 0.3 is 6.03 Å². The van der Waals surface area contributed by atoms with Crippen LogP contribution in [0, 0.1) is 5.92 Å². The average molecular weight is 399 g/mol. The average Bonchev–Trinajstić information content (AvgIpc) is 3.17. The van der Waals surface area contributed by atoms with Crippen LogP contribution in [0.25, 0.3) is 0 Å². The first-order valence-corrected chi connectivity index (χ1v) is 11.3. The molecule has 4 nitrogen and oxygen atoms in total. The van der Waals surface area contributed by atoms with Gasteiger partial charge < -0.3 is 15.0 Å². The molecular weight excluding hydrogens is 368 g/mol. The molecule has 1 saturated carbocycles. The fourth-order valence-electron chi connectivity index (χ4n) is 4.46. The highest BCUT2D eigenvalue weighted by Crippen LogP contribution is 2.33. The van der Waals surface area contributed by atoms with Gasteiger partial charge in [-0.15, -0.1) is 11.3 Å². The molecule has 2 heterocycles. The Morgan fingerprint density at radius 3 is 3.04 bits per heavy atom. The van der Waals surface area contributed by atoms with Crippen molar-refractivity contribution in [3.05, 3.63) is 51.7 Å². The molecule has 1 N–H and O–H groups in total. The molecule has 3 atom stereocenters. The van der Waals surface area contributed by atoms with Crippen LogP contribution in [0.5, 0.6) is 0 Å². The normalized spacial score (nSPS) is 24.6. The van der Waals surface area contributed by atoms with Gasteiger partial charge in [0.15, 0.2) is 0 Å². The second-order valence-corrected chi connectivity index (χ2v) is 9.25. The van der Waals surface area contributed by atoms with Crippen molar-refractivity contribution in [2.24, 2.45) is 5.92 Å². The molecule has 4 rings (SSSR count). The summed E-state index contributed by atoms with van der Waals surface area (Å²) in [6.07, 6.45) is 6.23. The summed E-state index contributed by atoms with van der Waals surface area (Å²) in [7, 11) is 0. The molecule has 28 heavy (non-hydrogen) atoms. The lowest BCUT2D eigenvalue weighted by Crippen LogP contribution is -2.40. The lowest BCUT2D eigenvalue weighted by molar-refractivity contribution is 0.00468. The van der Waals surface area contributed by atoms with Crippen molar-refractivity contribution in [2.45, 2.75) is 64.7 Å². The molecule has 5 heteroatoms. The van der Waals surface area contributed by atoms with Gasteiger partial charge in [0.2, 0.25) is 0 Å². The van der Waals surface area contributed by atoms with Crippen molar-refractivity contribution in [1.29, 1.82) is 0 Å². The summed E-state index contributed by atoms with van der Waals surface area (Å²) in [5.74, 6) is 0.764. The number of thiophene rings is 1. The largest absolute Gasteiger partial charge is 0.374 e. The van der Waals surface area contributed by atoms with Crippen LogP contribution in [0.15, 0.2) is 35.7 Å². The number of urea groups is 1. The predicted octanol–water partition coefficient (Wildman–Crippen LogP) is 5.99. The topological polar surface area (TPSA) is 41.6 Å². The number of carbonyl (C=O) groups excluding carboxylic acids is 1. The number of amides is 2. The van der Waals surface area contributed by atoms with E-state index in [1.54, 1.807) is 11.3 Å². The first-order chi connectivity index (χ1) is 13.6. The van der Waals surface area contributed by atoms with Gasteiger partial charge in [0.25, 0.3) is 0 Å². The van der Waals surface area contributed by atoms with Crippen molar-refractivity contribution in [3.8, 4) is 0 Å². The fourth-order valence-corrected chi connectivity index (χ4v) is 5.43. The van der Waals surface area contributed by atoms with E-state index in [1.807, 2.05) is 23.1 Å². The van der Waals surface area contributed by atoms with Gasteiger partial charge in [-0.05, 0) is 66.8 Å². The quantitative estimate of drug-likeness (QED) is 0.687. The molecule has 2 amide bonds. The zero-order valence-electron chi connectivity index (χ0n) is 16.8. The zero-order valence-corrected chi connectivity index (χ0v) is 17.6. The number of fused-ring (bicyclic) bond motifs is 1. The van der Waals surface area contributed by atoms with Gasteiger partial charge in [-0.1, -0.05) is 31.9 Å². The maximum Gasteiger partial charge on any atom is 0.322 e. The third-order valence-electron chi connectivity index (χ3n) is 6.09. The van der Waals surface area contributed by atoms with Crippen molar-refractivity contribution >= 4 is 23.1 Å². The monoisotopic (exact) mass is 398 g/mol. The van der Waals surface area contributed by atoms with Gasteiger partial charge in [0.1, 0.15) is 0 Å². The number of nitrogens with zero attached hydrogens (tertiary/aromatic N) is 1. The third kappa shape index (κ3) is 4.41. The lowest BCUT2D eigenvalue weighted by atomic mass is 9.89. The molecular formula is C23H30N2O2S. The third-order valence-corrected chi connectivity index (χ3v) is 7.09. The van der Waals surface area contributed by atoms with E-state index in [0.29, 0.717) is 12.7 Å². The van der Waals surface area contributed by atoms with E-state index in [9.17, 15) is 4.79 Å². The summed E-state index contributed by atoms with van der Waals surface area (Å²) < 4.78 is 6.14. The molecule has 0 radical (unpaired) electrons. The first-order valence-electron chi connectivity index (χ1n) is 10.4. The van der Waals surface area contributed by atoms with Gasteiger partial charge in [-0.25, -0.2) is 4.79 Å². The molecule has 0 saturated heterocycles. The summed E-state index contributed by atoms with van der Waals surface area (Å²) >= 11 is 1.79. The smallest absolute Gasteiger partial charge is 0.322 e. The van der Waals surface area contributed by atoms with Crippen molar-refractivity contribution in [3.63, 3.8) is 0 Å². The predicted molar refractivity (Wildman–Crippen MR) is 115 cm³/mol. The summed E-state index contributed by atoms with van der Waals surface area (Å²) in [5, 5.41) is 5.21. The van der Waals surface area contributed by atoms with Gasteiger partial charge in [0.05, 0.1) is 18.8 Å². The molecule has 1 aliphatic heterocycles. The minimum atomic E-state index is -0.0245. The molecule has 1 aliphatic carbocycles. The number of benzene rings is 1.